The molecule has 2 amide bonds. The fraction of sp³-hybridized carbons (Fsp3) is 0.571. The van der Waals surface area contributed by atoms with Crippen LogP contribution < -0.4 is 11.1 Å². The van der Waals surface area contributed by atoms with Gasteiger partial charge in [0.25, 0.3) is 0 Å². The first-order chi connectivity index (χ1) is 12.7. The quantitative estimate of drug-likeness (QED) is 0.610. The highest BCUT2D eigenvalue weighted by atomic mass is 16.2. The fourth-order valence-corrected chi connectivity index (χ4v) is 2.80. The summed E-state index contributed by atoms with van der Waals surface area (Å²) < 4.78 is 0. The van der Waals surface area contributed by atoms with Crippen LogP contribution in [0.2, 0.25) is 0 Å². The van der Waals surface area contributed by atoms with E-state index in [0.29, 0.717) is 12.8 Å². The molecular formula is C21H33N3O3. The minimum Gasteiger partial charge on any atom is -0.343 e. The Morgan fingerprint density at radius 1 is 1.15 bits per heavy atom. The molecule has 1 aromatic rings. The monoisotopic (exact) mass is 375 g/mol. The molecular weight excluding hydrogens is 342 g/mol. The van der Waals surface area contributed by atoms with Crippen molar-refractivity contribution in [1.82, 2.24) is 10.2 Å². The van der Waals surface area contributed by atoms with Gasteiger partial charge < -0.3 is 20.7 Å². The average Bonchev–Trinajstić information content (AvgIpc) is 2.63. The standard InChI is InChI=1S/C21H33N3O3/c1-14(2)11-18(23-20(26)19(22)15(3)4)21(27)24(5)17(13-25)12-16-9-7-6-8-10-16/h6-10,13-15,17-19H,11-12,22H2,1-5H3,(H,23,26)/t17-,18-,19+/m0/s1. The van der Waals surface area contributed by atoms with Crippen LogP contribution in [0.5, 0.6) is 0 Å². The number of likely N-dealkylation sites (N-methyl/N-ethyl adjacent to an activating group) is 1. The summed E-state index contributed by atoms with van der Waals surface area (Å²) in [5, 5.41) is 2.78. The molecule has 1 aromatic carbocycles. The first-order valence-corrected chi connectivity index (χ1v) is 9.49. The second-order valence-electron chi connectivity index (χ2n) is 7.80. The summed E-state index contributed by atoms with van der Waals surface area (Å²) in [5.41, 5.74) is 6.88. The molecule has 0 aliphatic heterocycles. The van der Waals surface area contributed by atoms with Crippen LogP contribution in [0, 0.1) is 11.8 Å². The van der Waals surface area contributed by atoms with Crippen LogP contribution >= 0.6 is 0 Å². The van der Waals surface area contributed by atoms with Gasteiger partial charge in [-0.15, -0.1) is 0 Å². The molecule has 0 unspecified atom stereocenters. The molecule has 1 rings (SSSR count). The number of rotatable bonds is 10. The number of amides is 2. The van der Waals surface area contributed by atoms with Crippen molar-refractivity contribution in [1.29, 1.82) is 0 Å². The van der Waals surface area contributed by atoms with Gasteiger partial charge >= 0.3 is 0 Å². The van der Waals surface area contributed by atoms with Crippen LogP contribution in [0.25, 0.3) is 0 Å². The zero-order valence-electron chi connectivity index (χ0n) is 17.0. The minimum atomic E-state index is -0.703. The highest BCUT2D eigenvalue weighted by molar-refractivity contribution is 5.90. The SMILES string of the molecule is CC(C)C[C@H](NC(=O)[C@H](N)C(C)C)C(=O)N(C)[C@H](C=O)Cc1ccccc1. The molecule has 0 aromatic heterocycles. The molecule has 3 atom stereocenters. The van der Waals surface area contributed by atoms with Gasteiger partial charge in [-0.1, -0.05) is 58.0 Å². The van der Waals surface area contributed by atoms with Crippen molar-refractivity contribution in [2.45, 2.75) is 58.7 Å². The predicted octanol–water partition coefficient (Wildman–Crippen LogP) is 1.77. The molecule has 3 N–H and O–H groups in total. The number of carbonyl (C=O) groups is 3. The van der Waals surface area contributed by atoms with Crippen LogP contribution in [0.4, 0.5) is 0 Å². The van der Waals surface area contributed by atoms with E-state index in [1.165, 1.54) is 4.90 Å². The largest absolute Gasteiger partial charge is 0.343 e. The molecule has 0 fully saturated rings. The molecule has 0 aliphatic rings. The number of nitrogens with zero attached hydrogens (tertiary/aromatic N) is 1. The van der Waals surface area contributed by atoms with Gasteiger partial charge in [0.15, 0.2) is 0 Å². The number of aldehydes is 1. The van der Waals surface area contributed by atoms with Crippen LogP contribution in [0.15, 0.2) is 30.3 Å². The molecule has 6 heteroatoms. The molecule has 0 saturated heterocycles. The van der Waals surface area contributed by atoms with Crippen molar-refractivity contribution in [3.63, 3.8) is 0 Å². The van der Waals surface area contributed by atoms with Gasteiger partial charge in [0, 0.05) is 7.05 Å². The number of carbonyl (C=O) groups excluding carboxylic acids is 3. The van der Waals surface area contributed by atoms with Gasteiger partial charge in [0.1, 0.15) is 12.3 Å². The third-order valence-corrected chi connectivity index (χ3v) is 4.63. The number of benzene rings is 1. The van der Waals surface area contributed by atoms with E-state index < -0.39 is 18.1 Å². The van der Waals surface area contributed by atoms with Gasteiger partial charge in [0.05, 0.1) is 12.1 Å². The maximum atomic E-state index is 13.0. The Labute approximate surface area is 162 Å². The van der Waals surface area contributed by atoms with E-state index in [-0.39, 0.29) is 23.7 Å². The molecule has 6 nitrogen and oxygen atoms in total. The first kappa shape index (κ1) is 22.8. The van der Waals surface area contributed by atoms with E-state index in [9.17, 15) is 14.4 Å². The highest BCUT2D eigenvalue weighted by Gasteiger charge is 2.30. The lowest BCUT2D eigenvalue weighted by atomic mass is 9.99. The molecule has 0 radical (unpaired) electrons. The van der Waals surface area contributed by atoms with Crippen molar-refractivity contribution in [3.05, 3.63) is 35.9 Å². The number of hydrogen-bond acceptors (Lipinski definition) is 4. The third kappa shape index (κ3) is 7.13. The highest BCUT2D eigenvalue weighted by Crippen LogP contribution is 2.12. The van der Waals surface area contributed by atoms with E-state index in [1.54, 1.807) is 7.05 Å². The van der Waals surface area contributed by atoms with Gasteiger partial charge in [-0.25, -0.2) is 0 Å². The lowest BCUT2D eigenvalue weighted by Gasteiger charge is -2.30. The third-order valence-electron chi connectivity index (χ3n) is 4.63. The van der Waals surface area contributed by atoms with E-state index in [1.807, 2.05) is 58.0 Å². The van der Waals surface area contributed by atoms with Crippen LogP contribution in [-0.2, 0) is 20.8 Å². The normalized spacial score (nSPS) is 14.5. The summed E-state index contributed by atoms with van der Waals surface area (Å²) >= 11 is 0. The molecule has 0 bridgehead atoms. The maximum Gasteiger partial charge on any atom is 0.245 e. The van der Waals surface area contributed by atoms with Crippen LogP contribution in [-0.4, -0.2) is 48.2 Å². The Hall–Kier alpha value is -2.21. The Morgan fingerprint density at radius 2 is 1.74 bits per heavy atom. The molecule has 0 aliphatic carbocycles. The second kappa shape index (κ2) is 10.8. The van der Waals surface area contributed by atoms with Crippen molar-refractivity contribution in [3.8, 4) is 0 Å². The zero-order valence-corrected chi connectivity index (χ0v) is 17.0. The van der Waals surface area contributed by atoms with Gasteiger partial charge in [-0.05, 0) is 30.2 Å². The summed E-state index contributed by atoms with van der Waals surface area (Å²) in [5.74, 6) is -0.450. The number of nitrogens with one attached hydrogen (secondary N) is 1. The predicted molar refractivity (Wildman–Crippen MR) is 107 cm³/mol. The Bertz CT molecular complexity index is 616. The molecule has 27 heavy (non-hydrogen) atoms. The fourth-order valence-electron chi connectivity index (χ4n) is 2.80. The Kier molecular flexibility index (Phi) is 9.15. The van der Waals surface area contributed by atoms with Gasteiger partial charge in [-0.2, -0.15) is 0 Å². The van der Waals surface area contributed by atoms with E-state index in [4.69, 9.17) is 5.73 Å². The average molecular weight is 376 g/mol. The summed E-state index contributed by atoms with van der Waals surface area (Å²) in [6.07, 6.45) is 1.69. The summed E-state index contributed by atoms with van der Waals surface area (Å²) in [4.78, 5) is 38.4. The van der Waals surface area contributed by atoms with Gasteiger partial charge in [-0.3, -0.25) is 9.59 Å². The Morgan fingerprint density at radius 3 is 2.22 bits per heavy atom. The number of hydrogen-bond donors (Lipinski definition) is 2. The molecule has 150 valence electrons. The topological polar surface area (TPSA) is 92.5 Å². The Balaban J connectivity index is 2.91. The van der Waals surface area contributed by atoms with E-state index in [2.05, 4.69) is 5.32 Å². The zero-order chi connectivity index (χ0) is 20.6. The lowest BCUT2D eigenvalue weighted by Crippen LogP contribution is -2.55. The molecule has 0 saturated carbocycles. The second-order valence-corrected chi connectivity index (χ2v) is 7.80. The molecule has 0 heterocycles. The molecule has 0 spiro atoms. The maximum absolute atomic E-state index is 13.0. The van der Waals surface area contributed by atoms with Gasteiger partial charge in [0.2, 0.25) is 11.8 Å². The summed E-state index contributed by atoms with van der Waals surface area (Å²) in [6, 6.07) is 7.57. The first-order valence-electron chi connectivity index (χ1n) is 9.49. The van der Waals surface area contributed by atoms with Crippen LogP contribution in [0.1, 0.15) is 39.7 Å². The minimum absolute atomic E-state index is 0.0293. The van der Waals surface area contributed by atoms with Crippen molar-refractivity contribution < 1.29 is 14.4 Å². The van der Waals surface area contributed by atoms with Crippen molar-refractivity contribution in [2.24, 2.45) is 17.6 Å². The van der Waals surface area contributed by atoms with E-state index >= 15 is 0 Å². The number of nitrogens with two attached hydrogens (primary N) is 1. The summed E-state index contributed by atoms with van der Waals surface area (Å²) in [6.45, 7) is 7.68. The summed E-state index contributed by atoms with van der Waals surface area (Å²) in [7, 11) is 1.60. The van der Waals surface area contributed by atoms with Crippen molar-refractivity contribution >= 4 is 18.1 Å². The van der Waals surface area contributed by atoms with Crippen LogP contribution in [0.3, 0.4) is 0 Å². The van der Waals surface area contributed by atoms with Crippen molar-refractivity contribution in [2.75, 3.05) is 7.05 Å². The smallest absolute Gasteiger partial charge is 0.245 e. The van der Waals surface area contributed by atoms with E-state index in [0.717, 1.165) is 11.8 Å². The lowest BCUT2D eigenvalue weighted by molar-refractivity contribution is -0.139.